The number of nitrogens with one attached hydrogen (secondary N) is 1. The first-order chi connectivity index (χ1) is 8.85. The average Bonchev–Trinajstić information content (AvgIpc) is 2.29. The smallest absolute Gasteiger partial charge is 0.262 e. The highest BCUT2D eigenvalue weighted by molar-refractivity contribution is 8.00. The lowest BCUT2D eigenvalue weighted by Crippen LogP contribution is -2.25. The van der Waals surface area contributed by atoms with Crippen molar-refractivity contribution in [1.82, 2.24) is 0 Å². The molecular formula is C11H14N2O4S2. The van der Waals surface area contributed by atoms with Crippen LogP contribution >= 0.6 is 11.8 Å². The van der Waals surface area contributed by atoms with Gasteiger partial charge in [0.1, 0.15) is 15.6 Å². The van der Waals surface area contributed by atoms with Crippen molar-refractivity contribution in [3.63, 3.8) is 0 Å². The summed E-state index contributed by atoms with van der Waals surface area (Å²) in [6, 6.07) is 3.34. The largest absolute Gasteiger partial charge is 0.482 e. The summed E-state index contributed by atoms with van der Waals surface area (Å²) in [5.41, 5.74) is 6.94. The van der Waals surface area contributed by atoms with Gasteiger partial charge in [-0.1, -0.05) is 0 Å². The normalized spacial score (nSPS) is 14.5. The zero-order valence-electron chi connectivity index (χ0n) is 10.3. The van der Waals surface area contributed by atoms with E-state index >= 15 is 0 Å². The van der Waals surface area contributed by atoms with E-state index in [4.69, 9.17) is 10.5 Å². The van der Waals surface area contributed by atoms with Gasteiger partial charge in [-0.15, -0.1) is 11.8 Å². The quantitative estimate of drug-likeness (QED) is 0.628. The van der Waals surface area contributed by atoms with E-state index in [1.807, 2.05) is 0 Å². The Labute approximate surface area is 115 Å². The van der Waals surface area contributed by atoms with Crippen molar-refractivity contribution in [3.05, 3.63) is 12.1 Å². The number of carbonyl (C=O) groups excluding carboxylic acids is 1. The van der Waals surface area contributed by atoms with E-state index in [0.29, 0.717) is 22.9 Å². The van der Waals surface area contributed by atoms with Gasteiger partial charge in [0.15, 0.2) is 6.61 Å². The van der Waals surface area contributed by atoms with Crippen LogP contribution in [0.2, 0.25) is 0 Å². The van der Waals surface area contributed by atoms with E-state index in [1.54, 1.807) is 12.1 Å². The number of hydrogen-bond donors (Lipinski definition) is 2. The van der Waals surface area contributed by atoms with Gasteiger partial charge >= 0.3 is 0 Å². The third-order valence-corrected chi connectivity index (χ3v) is 4.73. The number of sulfone groups is 1. The fourth-order valence-electron chi connectivity index (χ4n) is 1.55. The van der Waals surface area contributed by atoms with Crippen LogP contribution < -0.4 is 15.8 Å². The summed E-state index contributed by atoms with van der Waals surface area (Å²) in [7, 11) is -2.99. The highest BCUT2D eigenvalue weighted by Gasteiger charge is 2.18. The van der Waals surface area contributed by atoms with Gasteiger partial charge in [-0.25, -0.2) is 8.42 Å². The molecule has 19 heavy (non-hydrogen) atoms. The first-order valence-electron chi connectivity index (χ1n) is 5.52. The van der Waals surface area contributed by atoms with Crippen LogP contribution in [0, 0.1) is 0 Å². The molecule has 0 saturated heterocycles. The molecule has 1 aromatic carbocycles. The summed E-state index contributed by atoms with van der Waals surface area (Å²) in [5, 5.41) is 2.68. The highest BCUT2D eigenvalue weighted by atomic mass is 32.2. The number of ether oxygens (including phenoxy) is 1. The maximum Gasteiger partial charge on any atom is 0.262 e. The number of anilines is 2. The van der Waals surface area contributed by atoms with E-state index < -0.39 is 9.84 Å². The Morgan fingerprint density at radius 1 is 1.47 bits per heavy atom. The predicted molar refractivity (Wildman–Crippen MR) is 75.4 cm³/mol. The summed E-state index contributed by atoms with van der Waals surface area (Å²) >= 11 is 1.34. The van der Waals surface area contributed by atoms with Gasteiger partial charge < -0.3 is 15.8 Å². The summed E-state index contributed by atoms with van der Waals surface area (Å²) in [6.45, 7) is -0.0208. The molecule has 0 aliphatic carbocycles. The summed E-state index contributed by atoms with van der Waals surface area (Å²) < 4.78 is 27.4. The minimum Gasteiger partial charge on any atom is -0.482 e. The Hall–Kier alpha value is -1.41. The van der Waals surface area contributed by atoms with Crippen molar-refractivity contribution in [2.45, 2.75) is 4.90 Å². The van der Waals surface area contributed by atoms with Crippen LogP contribution in [0.4, 0.5) is 11.4 Å². The molecule has 1 amide bonds. The van der Waals surface area contributed by atoms with E-state index in [2.05, 4.69) is 5.32 Å². The molecule has 0 radical (unpaired) electrons. The highest BCUT2D eigenvalue weighted by Crippen LogP contribution is 2.36. The van der Waals surface area contributed by atoms with Crippen molar-refractivity contribution in [2.24, 2.45) is 0 Å². The fourth-order valence-corrected chi connectivity index (χ4v) is 3.74. The Balaban J connectivity index is 2.13. The molecule has 104 valence electrons. The van der Waals surface area contributed by atoms with Gasteiger partial charge in [0, 0.05) is 28.7 Å². The number of carbonyl (C=O) groups is 1. The molecule has 6 nitrogen and oxygen atoms in total. The summed E-state index contributed by atoms with van der Waals surface area (Å²) in [5.74, 6) is 0.808. The number of amides is 1. The Bertz CT molecular complexity index is 613. The molecule has 0 saturated carbocycles. The van der Waals surface area contributed by atoms with Gasteiger partial charge in [-0.3, -0.25) is 4.79 Å². The zero-order valence-corrected chi connectivity index (χ0v) is 11.9. The van der Waals surface area contributed by atoms with Crippen LogP contribution in [0.5, 0.6) is 5.75 Å². The number of benzene rings is 1. The lowest BCUT2D eigenvalue weighted by Gasteiger charge is -2.19. The minimum absolute atomic E-state index is 0.0208. The molecule has 0 spiro atoms. The van der Waals surface area contributed by atoms with E-state index in [1.165, 1.54) is 18.0 Å². The molecule has 2 rings (SSSR count). The lowest BCUT2D eigenvalue weighted by atomic mass is 10.2. The topological polar surface area (TPSA) is 98.5 Å². The standard InChI is InChI=1S/C11H14N2O4S2/c1-19(15,16)3-2-18-10-5-8-9(4-7(10)12)17-6-11(14)13-8/h4-5H,2-3,6,12H2,1H3,(H,13,14). The molecule has 0 atom stereocenters. The molecule has 0 bridgehead atoms. The maximum atomic E-state index is 11.2. The lowest BCUT2D eigenvalue weighted by molar-refractivity contribution is -0.118. The van der Waals surface area contributed by atoms with Gasteiger partial charge in [-0.2, -0.15) is 0 Å². The molecule has 3 N–H and O–H groups in total. The number of hydrogen-bond acceptors (Lipinski definition) is 6. The van der Waals surface area contributed by atoms with Crippen molar-refractivity contribution < 1.29 is 17.9 Å². The third kappa shape index (κ3) is 3.77. The van der Waals surface area contributed by atoms with Gasteiger partial charge in [-0.05, 0) is 6.07 Å². The molecule has 1 aliphatic heterocycles. The Morgan fingerprint density at radius 2 is 2.21 bits per heavy atom. The van der Waals surface area contributed by atoms with Crippen LogP contribution in [0.1, 0.15) is 0 Å². The van der Waals surface area contributed by atoms with Crippen LogP contribution in [0.25, 0.3) is 0 Å². The van der Waals surface area contributed by atoms with Crippen LogP contribution in [-0.2, 0) is 14.6 Å². The average molecular weight is 302 g/mol. The minimum atomic E-state index is -2.99. The number of fused-ring (bicyclic) bond motifs is 1. The SMILES string of the molecule is CS(=O)(=O)CCSc1cc2c(cc1N)OCC(=O)N2. The molecular weight excluding hydrogens is 288 g/mol. The molecule has 0 unspecified atom stereocenters. The predicted octanol–water partition coefficient (Wildman–Crippen LogP) is 0.736. The fraction of sp³-hybridized carbons (Fsp3) is 0.364. The number of nitrogen functional groups attached to an aromatic ring is 1. The van der Waals surface area contributed by atoms with E-state index in [0.717, 1.165) is 4.90 Å². The van der Waals surface area contributed by atoms with E-state index in [9.17, 15) is 13.2 Å². The number of nitrogens with two attached hydrogens (primary N) is 1. The second-order valence-electron chi connectivity index (χ2n) is 4.20. The van der Waals surface area contributed by atoms with Gasteiger partial charge in [0.05, 0.1) is 11.4 Å². The zero-order chi connectivity index (χ0) is 14.0. The molecule has 0 aromatic heterocycles. The van der Waals surface area contributed by atoms with Gasteiger partial charge in [0.25, 0.3) is 5.91 Å². The Morgan fingerprint density at radius 3 is 2.89 bits per heavy atom. The molecule has 1 heterocycles. The maximum absolute atomic E-state index is 11.2. The summed E-state index contributed by atoms with van der Waals surface area (Å²) in [4.78, 5) is 11.9. The van der Waals surface area contributed by atoms with Crippen molar-refractivity contribution >= 4 is 38.9 Å². The second-order valence-corrected chi connectivity index (χ2v) is 7.60. The first-order valence-corrected chi connectivity index (χ1v) is 8.56. The third-order valence-electron chi connectivity index (χ3n) is 2.46. The van der Waals surface area contributed by atoms with Crippen molar-refractivity contribution in [2.75, 3.05) is 35.4 Å². The number of thioether (sulfide) groups is 1. The van der Waals surface area contributed by atoms with Crippen LogP contribution in [0.3, 0.4) is 0 Å². The molecule has 0 fully saturated rings. The molecule has 1 aromatic rings. The first kappa shape index (κ1) is 14.0. The molecule has 1 aliphatic rings. The number of rotatable bonds is 4. The Kier molecular flexibility index (Phi) is 3.91. The monoisotopic (exact) mass is 302 g/mol. The van der Waals surface area contributed by atoms with E-state index in [-0.39, 0.29) is 18.3 Å². The molecule has 8 heteroatoms. The summed E-state index contributed by atoms with van der Waals surface area (Å²) in [6.07, 6.45) is 1.19. The van der Waals surface area contributed by atoms with Gasteiger partial charge in [0.2, 0.25) is 0 Å². The van der Waals surface area contributed by atoms with Crippen LogP contribution in [-0.4, -0.2) is 38.7 Å². The van der Waals surface area contributed by atoms with Crippen molar-refractivity contribution in [1.29, 1.82) is 0 Å². The van der Waals surface area contributed by atoms with Crippen LogP contribution in [0.15, 0.2) is 17.0 Å². The van der Waals surface area contributed by atoms with Crippen molar-refractivity contribution in [3.8, 4) is 5.75 Å². The second kappa shape index (κ2) is 5.30.